The maximum Gasteiger partial charge on any atom is 0.322 e. The van der Waals surface area contributed by atoms with Crippen molar-refractivity contribution in [3.8, 4) is 0 Å². The van der Waals surface area contributed by atoms with E-state index in [9.17, 15) is 9.18 Å². The first-order valence-electron chi connectivity index (χ1n) is 6.76. The molecule has 1 saturated heterocycles. The number of anilines is 1. The molecular formula is C14H18ClFN2O2. The van der Waals surface area contributed by atoms with Crippen molar-refractivity contribution in [1.29, 1.82) is 0 Å². The summed E-state index contributed by atoms with van der Waals surface area (Å²) in [6.07, 6.45) is 3.35. The zero-order chi connectivity index (χ0) is 14.5. The Hall–Kier alpha value is -1.33. The van der Waals surface area contributed by atoms with Crippen molar-refractivity contribution in [1.82, 2.24) is 4.90 Å². The van der Waals surface area contributed by atoms with Crippen LogP contribution in [0, 0.1) is 5.82 Å². The van der Waals surface area contributed by atoms with Crippen molar-refractivity contribution in [2.24, 2.45) is 0 Å². The Bertz CT molecular complexity index is 462. The predicted molar refractivity (Wildman–Crippen MR) is 76.5 cm³/mol. The summed E-state index contributed by atoms with van der Waals surface area (Å²) in [6, 6.07) is 3.90. The number of urea groups is 1. The lowest BCUT2D eigenvalue weighted by Crippen LogP contribution is -2.46. The molecule has 1 aliphatic heterocycles. The quantitative estimate of drug-likeness (QED) is 0.900. The summed E-state index contributed by atoms with van der Waals surface area (Å²) < 4.78 is 13.7. The van der Waals surface area contributed by atoms with Crippen LogP contribution in [0.3, 0.4) is 0 Å². The highest BCUT2D eigenvalue weighted by Crippen LogP contribution is 2.26. The first kappa shape index (κ1) is 15.1. The number of hydrogen-bond acceptors (Lipinski definition) is 2. The van der Waals surface area contributed by atoms with Gasteiger partial charge in [-0.3, -0.25) is 0 Å². The Morgan fingerprint density at radius 3 is 3.00 bits per heavy atom. The number of nitrogens with one attached hydrogen (secondary N) is 1. The lowest BCUT2D eigenvalue weighted by molar-refractivity contribution is 0.141. The molecule has 1 heterocycles. The number of benzene rings is 1. The van der Waals surface area contributed by atoms with Crippen LogP contribution in [-0.2, 0) is 0 Å². The molecule has 1 aromatic rings. The summed E-state index contributed by atoms with van der Waals surface area (Å²) in [5, 5.41) is 11.8. The van der Waals surface area contributed by atoms with Crippen molar-refractivity contribution in [3.05, 3.63) is 29.0 Å². The van der Waals surface area contributed by atoms with Crippen LogP contribution in [0.15, 0.2) is 18.2 Å². The number of para-hydroxylation sites is 1. The Morgan fingerprint density at radius 1 is 1.50 bits per heavy atom. The number of hydrogen-bond donors (Lipinski definition) is 2. The van der Waals surface area contributed by atoms with Gasteiger partial charge in [0.15, 0.2) is 0 Å². The molecule has 1 atom stereocenters. The minimum Gasteiger partial charge on any atom is -0.396 e. The molecule has 20 heavy (non-hydrogen) atoms. The highest BCUT2D eigenvalue weighted by atomic mass is 35.5. The molecule has 2 rings (SSSR count). The van der Waals surface area contributed by atoms with E-state index >= 15 is 0 Å². The summed E-state index contributed by atoms with van der Waals surface area (Å²) >= 11 is 5.90. The van der Waals surface area contributed by atoms with Gasteiger partial charge in [-0.15, -0.1) is 0 Å². The van der Waals surface area contributed by atoms with Gasteiger partial charge < -0.3 is 15.3 Å². The number of amides is 2. The van der Waals surface area contributed by atoms with E-state index < -0.39 is 5.82 Å². The molecule has 2 N–H and O–H groups in total. The molecule has 1 unspecified atom stereocenters. The summed E-state index contributed by atoms with van der Waals surface area (Å²) in [5.74, 6) is -0.554. The number of carbonyl (C=O) groups is 1. The number of nitrogens with zero attached hydrogens (tertiary/aromatic N) is 1. The van der Waals surface area contributed by atoms with Gasteiger partial charge in [-0.25, -0.2) is 9.18 Å². The molecule has 6 heteroatoms. The van der Waals surface area contributed by atoms with Crippen LogP contribution in [0.25, 0.3) is 0 Å². The Kier molecular flexibility index (Phi) is 5.20. The summed E-state index contributed by atoms with van der Waals surface area (Å²) in [6.45, 7) is 0.650. The van der Waals surface area contributed by atoms with Crippen LogP contribution in [0.1, 0.15) is 25.7 Å². The maximum absolute atomic E-state index is 13.7. The lowest BCUT2D eigenvalue weighted by atomic mass is 10.0. The highest BCUT2D eigenvalue weighted by molar-refractivity contribution is 6.33. The monoisotopic (exact) mass is 300 g/mol. The zero-order valence-corrected chi connectivity index (χ0v) is 11.9. The second kappa shape index (κ2) is 6.90. The number of halogens is 2. The van der Waals surface area contributed by atoms with Crippen LogP contribution in [0.4, 0.5) is 14.9 Å². The van der Waals surface area contributed by atoms with E-state index in [0.29, 0.717) is 13.0 Å². The van der Waals surface area contributed by atoms with Gasteiger partial charge in [-0.1, -0.05) is 17.7 Å². The van der Waals surface area contributed by atoms with Gasteiger partial charge in [0, 0.05) is 19.2 Å². The molecular weight excluding hydrogens is 283 g/mol. The Morgan fingerprint density at radius 2 is 2.30 bits per heavy atom. The molecule has 110 valence electrons. The molecule has 2 amide bonds. The van der Waals surface area contributed by atoms with E-state index in [1.54, 1.807) is 4.90 Å². The van der Waals surface area contributed by atoms with Crippen molar-refractivity contribution in [2.45, 2.75) is 31.7 Å². The van der Waals surface area contributed by atoms with Crippen LogP contribution in [-0.4, -0.2) is 35.2 Å². The summed E-state index contributed by atoms with van der Waals surface area (Å²) in [5.41, 5.74) is 0.00693. The topological polar surface area (TPSA) is 52.6 Å². The van der Waals surface area contributed by atoms with Crippen molar-refractivity contribution < 1.29 is 14.3 Å². The number of aliphatic hydroxyl groups is 1. The molecule has 1 aromatic carbocycles. The largest absolute Gasteiger partial charge is 0.396 e. The average molecular weight is 301 g/mol. The number of carbonyl (C=O) groups excluding carboxylic acids is 1. The van der Waals surface area contributed by atoms with E-state index in [2.05, 4.69) is 5.32 Å². The fourth-order valence-electron chi connectivity index (χ4n) is 2.51. The van der Waals surface area contributed by atoms with E-state index in [-0.39, 0.29) is 29.4 Å². The smallest absolute Gasteiger partial charge is 0.322 e. The van der Waals surface area contributed by atoms with Crippen molar-refractivity contribution in [2.75, 3.05) is 18.5 Å². The third-order valence-electron chi connectivity index (χ3n) is 3.55. The molecule has 1 fully saturated rings. The van der Waals surface area contributed by atoms with Gasteiger partial charge in [0.05, 0.1) is 10.7 Å². The maximum atomic E-state index is 13.7. The number of rotatable bonds is 3. The fraction of sp³-hybridized carbons (Fsp3) is 0.500. The third-order valence-corrected chi connectivity index (χ3v) is 3.86. The van der Waals surface area contributed by atoms with E-state index in [4.69, 9.17) is 16.7 Å². The Labute approximate surface area is 122 Å². The molecule has 1 aliphatic rings. The van der Waals surface area contributed by atoms with Crippen LogP contribution < -0.4 is 5.32 Å². The molecule has 0 saturated carbocycles. The highest BCUT2D eigenvalue weighted by Gasteiger charge is 2.27. The first-order chi connectivity index (χ1) is 9.63. The van der Waals surface area contributed by atoms with E-state index in [0.717, 1.165) is 19.3 Å². The number of likely N-dealkylation sites (tertiary alicyclic amines) is 1. The van der Waals surface area contributed by atoms with Gasteiger partial charge >= 0.3 is 6.03 Å². The van der Waals surface area contributed by atoms with Gasteiger partial charge in [-0.05, 0) is 37.8 Å². The summed E-state index contributed by atoms with van der Waals surface area (Å²) in [4.78, 5) is 13.9. The molecule has 0 spiro atoms. The summed E-state index contributed by atoms with van der Waals surface area (Å²) in [7, 11) is 0. The standard InChI is InChI=1S/C14H18ClFN2O2/c15-11-5-3-6-12(16)13(11)17-14(20)18-8-2-1-4-10(18)7-9-19/h3,5-6,10,19H,1-2,4,7-9H2,(H,17,20). The molecule has 4 nitrogen and oxygen atoms in total. The second-order valence-corrected chi connectivity index (χ2v) is 5.29. The molecule has 0 bridgehead atoms. The number of piperidine rings is 1. The third kappa shape index (κ3) is 3.41. The Balaban J connectivity index is 2.10. The van der Waals surface area contributed by atoms with Gasteiger partial charge in [0.2, 0.25) is 0 Å². The van der Waals surface area contributed by atoms with E-state index in [1.165, 1.54) is 18.2 Å². The fourth-order valence-corrected chi connectivity index (χ4v) is 2.72. The van der Waals surface area contributed by atoms with Crippen molar-refractivity contribution >= 4 is 23.3 Å². The van der Waals surface area contributed by atoms with Crippen molar-refractivity contribution in [3.63, 3.8) is 0 Å². The minimum atomic E-state index is -0.554. The van der Waals surface area contributed by atoms with Crippen LogP contribution >= 0.6 is 11.6 Å². The van der Waals surface area contributed by atoms with Gasteiger partial charge in [0.25, 0.3) is 0 Å². The van der Waals surface area contributed by atoms with Crippen LogP contribution in [0.2, 0.25) is 5.02 Å². The molecule has 0 aromatic heterocycles. The van der Waals surface area contributed by atoms with Crippen LogP contribution in [0.5, 0.6) is 0 Å². The van der Waals surface area contributed by atoms with Gasteiger partial charge in [0.1, 0.15) is 5.82 Å². The molecule has 0 aliphatic carbocycles. The lowest BCUT2D eigenvalue weighted by Gasteiger charge is -2.35. The predicted octanol–water partition coefficient (Wildman–Crippen LogP) is 3.25. The second-order valence-electron chi connectivity index (χ2n) is 4.88. The normalized spacial score (nSPS) is 18.9. The SMILES string of the molecule is O=C(Nc1c(F)cccc1Cl)N1CCCCC1CCO. The van der Waals surface area contributed by atoms with Gasteiger partial charge in [-0.2, -0.15) is 0 Å². The number of aliphatic hydroxyl groups excluding tert-OH is 1. The zero-order valence-electron chi connectivity index (χ0n) is 11.1. The molecule has 0 radical (unpaired) electrons. The first-order valence-corrected chi connectivity index (χ1v) is 7.13. The van der Waals surface area contributed by atoms with E-state index in [1.807, 2.05) is 0 Å². The minimum absolute atomic E-state index is 0.000649. The average Bonchev–Trinajstić information content (AvgIpc) is 2.44.